The van der Waals surface area contributed by atoms with E-state index in [1.807, 2.05) is 6.55 Å². The molecule has 20 heavy (non-hydrogen) atoms. The lowest BCUT2D eigenvalue weighted by molar-refractivity contribution is 0.0468. The van der Waals surface area contributed by atoms with Crippen molar-refractivity contribution in [2.45, 2.75) is 25.8 Å². The fraction of sp³-hybridized carbons (Fsp3) is 1.00. The predicted molar refractivity (Wildman–Crippen MR) is 79.0 cm³/mol. The Morgan fingerprint density at radius 1 is 0.550 bits per heavy atom. The van der Waals surface area contributed by atoms with Crippen LogP contribution in [0.1, 0.15) is 19.3 Å². The highest BCUT2D eigenvalue weighted by Crippen LogP contribution is 2.11. The first-order chi connectivity index (χ1) is 9.68. The summed E-state index contributed by atoms with van der Waals surface area (Å²) in [5, 5.41) is 0. The Bertz CT molecular complexity index is 174. The largest absolute Gasteiger partial charge is 0.497 e. The van der Waals surface area contributed by atoms with Crippen LogP contribution in [0.2, 0.25) is 6.55 Å². The molecule has 0 heterocycles. The average molecular weight is 310 g/mol. The van der Waals surface area contributed by atoms with Crippen LogP contribution in [0.5, 0.6) is 0 Å². The number of ether oxygens (including phenoxy) is 3. The predicted octanol–water partition coefficient (Wildman–Crippen LogP) is 1.71. The van der Waals surface area contributed by atoms with Crippen molar-refractivity contribution in [2.24, 2.45) is 0 Å². The maximum Gasteiger partial charge on any atom is 0.497 e. The number of rotatable bonds is 15. The van der Waals surface area contributed by atoms with Crippen LogP contribution in [-0.4, -0.2) is 69.8 Å². The lowest BCUT2D eigenvalue weighted by atomic mass is 10.5. The topological polar surface area (TPSA) is 55.4 Å². The Labute approximate surface area is 124 Å². The van der Waals surface area contributed by atoms with E-state index < -0.39 is 8.80 Å². The van der Waals surface area contributed by atoms with E-state index in [-0.39, 0.29) is 0 Å². The molecule has 122 valence electrons. The molecule has 0 spiro atoms. The highest BCUT2D eigenvalue weighted by atomic mass is 28.4. The second kappa shape index (κ2) is 13.9. The molecule has 0 saturated carbocycles. The zero-order valence-corrected chi connectivity index (χ0v) is 14.3. The van der Waals surface area contributed by atoms with Gasteiger partial charge in [0.15, 0.2) is 0 Å². The molecule has 6 nitrogen and oxygen atoms in total. The van der Waals surface area contributed by atoms with E-state index in [9.17, 15) is 0 Å². The van der Waals surface area contributed by atoms with Gasteiger partial charge >= 0.3 is 8.80 Å². The van der Waals surface area contributed by atoms with Crippen LogP contribution in [-0.2, 0) is 27.5 Å². The van der Waals surface area contributed by atoms with E-state index in [0.717, 1.165) is 19.3 Å². The summed E-state index contributed by atoms with van der Waals surface area (Å²) in [5.74, 6) is 0. The van der Waals surface area contributed by atoms with Crippen LogP contribution in [0, 0.1) is 0 Å². The summed E-state index contributed by atoms with van der Waals surface area (Å²) in [6.45, 7) is 5.73. The Morgan fingerprint density at radius 3 is 1.10 bits per heavy atom. The van der Waals surface area contributed by atoms with Gasteiger partial charge in [-0.05, 0) is 19.3 Å². The average Bonchev–Trinajstić information content (AvgIpc) is 2.45. The molecule has 0 aliphatic carbocycles. The molecule has 0 radical (unpaired) electrons. The molecule has 0 bridgehead atoms. The van der Waals surface area contributed by atoms with Crippen LogP contribution >= 0.6 is 0 Å². The van der Waals surface area contributed by atoms with Gasteiger partial charge in [-0.15, -0.1) is 0 Å². The SMILES string of the molecule is COCCCO[Si](C)(OCCCOC)OCCCOC. The Kier molecular flexibility index (Phi) is 13.9. The van der Waals surface area contributed by atoms with E-state index in [1.54, 1.807) is 21.3 Å². The van der Waals surface area contributed by atoms with Gasteiger partial charge in [-0.1, -0.05) is 0 Å². The fourth-order valence-corrected chi connectivity index (χ4v) is 3.30. The van der Waals surface area contributed by atoms with Gasteiger partial charge in [0, 0.05) is 67.5 Å². The first-order valence-electron chi connectivity index (χ1n) is 7.07. The number of methoxy groups -OCH3 is 3. The molecule has 0 fully saturated rings. The van der Waals surface area contributed by atoms with Gasteiger partial charge in [0.1, 0.15) is 0 Å². The van der Waals surface area contributed by atoms with Gasteiger partial charge in [0.05, 0.1) is 0 Å². The third-order valence-corrected chi connectivity index (χ3v) is 4.76. The lowest BCUT2D eigenvalue weighted by Gasteiger charge is -2.26. The van der Waals surface area contributed by atoms with Crippen molar-refractivity contribution in [3.63, 3.8) is 0 Å². The summed E-state index contributed by atoms with van der Waals surface area (Å²) in [6, 6.07) is 0. The first kappa shape index (κ1) is 20.0. The van der Waals surface area contributed by atoms with Crippen molar-refractivity contribution in [1.82, 2.24) is 0 Å². The molecule has 0 aliphatic rings. The Morgan fingerprint density at radius 2 is 0.850 bits per heavy atom. The molecule has 0 saturated heterocycles. The molecule has 0 aliphatic heterocycles. The molecule has 0 amide bonds. The monoisotopic (exact) mass is 310 g/mol. The summed E-state index contributed by atoms with van der Waals surface area (Å²) >= 11 is 0. The van der Waals surface area contributed by atoms with Gasteiger partial charge < -0.3 is 27.5 Å². The third-order valence-electron chi connectivity index (χ3n) is 2.57. The molecule has 0 N–H and O–H groups in total. The third kappa shape index (κ3) is 11.8. The maximum absolute atomic E-state index is 5.82. The molecule has 0 unspecified atom stereocenters. The summed E-state index contributed by atoms with van der Waals surface area (Å²) in [5.41, 5.74) is 0. The van der Waals surface area contributed by atoms with Gasteiger partial charge in [-0.25, -0.2) is 0 Å². The normalized spacial score (nSPS) is 12.0. The first-order valence-corrected chi connectivity index (χ1v) is 9.29. The molecule has 0 aromatic carbocycles. The van der Waals surface area contributed by atoms with Crippen LogP contribution < -0.4 is 0 Å². The van der Waals surface area contributed by atoms with Crippen LogP contribution in [0.25, 0.3) is 0 Å². The van der Waals surface area contributed by atoms with E-state index in [2.05, 4.69) is 0 Å². The number of hydrogen-bond donors (Lipinski definition) is 0. The van der Waals surface area contributed by atoms with E-state index in [0.29, 0.717) is 39.6 Å². The Balaban J connectivity index is 3.98. The van der Waals surface area contributed by atoms with Crippen molar-refractivity contribution in [1.29, 1.82) is 0 Å². The minimum atomic E-state index is -2.57. The van der Waals surface area contributed by atoms with Crippen molar-refractivity contribution in [3.8, 4) is 0 Å². The second-order valence-electron chi connectivity index (χ2n) is 4.45. The van der Waals surface area contributed by atoms with Crippen molar-refractivity contribution in [2.75, 3.05) is 61.0 Å². The van der Waals surface area contributed by atoms with E-state index >= 15 is 0 Å². The van der Waals surface area contributed by atoms with Crippen LogP contribution in [0.3, 0.4) is 0 Å². The standard InChI is InChI=1S/C13H30O6Si/c1-14-8-5-11-17-20(4,18-12-6-9-15-2)19-13-7-10-16-3/h5-13H2,1-4H3. The minimum absolute atomic E-state index is 0.588. The molecular weight excluding hydrogens is 280 g/mol. The van der Waals surface area contributed by atoms with Crippen LogP contribution in [0.4, 0.5) is 0 Å². The summed E-state index contributed by atoms with van der Waals surface area (Å²) in [6.07, 6.45) is 2.51. The van der Waals surface area contributed by atoms with Gasteiger partial charge in [0.25, 0.3) is 0 Å². The summed E-state index contributed by atoms with van der Waals surface area (Å²) < 4.78 is 32.5. The summed E-state index contributed by atoms with van der Waals surface area (Å²) in [4.78, 5) is 0. The Hall–Kier alpha value is -0.0231. The number of hydrogen-bond acceptors (Lipinski definition) is 6. The molecule has 7 heteroatoms. The fourth-order valence-electron chi connectivity index (χ4n) is 1.51. The van der Waals surface area contributed by atoms with Gasteiger partial charge in [0.2, 0.25) is 0 Å². The van der Waals surface area contributed by atoms with E-state index in [4.69, 9.17) is 27.5 Å². The second-order valence-corrected chi connectivity index (χ2v) is 7.04. The zero-order valence-electron chi connectivity index (χ0n) is 13.3. The molecule has 0 rings (SSSR count). The van der Waals surface area contributed by atoms with E-state index in [1.165, 1.54) is 0 Å². The highest BCUT2D eigenvalue weighted by molar-refractivity contribution is 6.59. The van der Waals surface area contributed by atoms with Crippen molar-refractivity contribution in [3.05, 3.63) is 0 Å². The van der Waals surface area contributed by atoms with Crippen LogP contribution in [0.15, 0.2) is 0 Å². The van der Waals surface area contributed by atoms with Gasteiger partial charge in [-0.2, -0.15) is 0 Å². The summed E-state index contributed by atoms with van der Waals surface area (Å²) in [7, 11) is 2.47. The smallest absolute Gasteiger partial charge is 0.385 e. The van der Waals surface area contributed by atoms with Crippen molar-refractivity contribution < 1.29 is 27.5 Å². The minimum Gasteiger partial charge on any atom is -0.385 e. The molecular formula is C13H30O6Si. The van der Waals surface area contributed by atoms with Gasteiger partial charge in [-0.3, -0.25) is 0 Å². The zero-order chi connectivity index (χ0) is 15.1. The molecule has 0 atom stereocenters. The molecule has 0 aromatic rings. The maximum atomic E-state index is 5.82. The molecule has 0 aromatic heterocycles. The highest BCUT2D eigenvalue weighted by Gasteiger charge is 2.34. The quantitative estimate of drug-likeness (QED) is 0.339. The lowest BCUT2D eigenvalue weighted by Crippen LogP contribution is -2.43. The van der Waals surface area contributed by atoms with Crippen molar-refractivity contribution >= 4 is 8.80 Å².